The number of hydrogen-bond donors (Lipinski definition) is 2. The number of aliphatic hydroxyl groups is 1. The van der Waals surface area contributed by atoms with Crippen molar-refractivity contribution in [3.8, 4) is 0 Å². The van der Waals surface area contributed by atoms with Crippen molar-refractivity contribution in [1.29, 1.82) is 0 Å². The van der Waals surface area contributed by atoms with Crippen molar-refractivity contribution >= 4 is 17.5 Å². The molecule has 2 amide bonds. The van der Waals surface area contributed by atoms with E-state index in [4.69, 9.17) is 0 Å². The Balaban J connectivity index is 1.96. The zero-order chi connectivity index (χ0) is 17.3. The molecule has 1 aromatic carbocycles. The minimum Gasteiger partial charge on any atom is -0.386 e. The lowest BCUT2D eigenvalue weighted by atomic mass is 9.90. The summed E-state index contributed by atoms with van der Waals surface area (Å²) in [4.78, 5) is 30.6. The molecule has 0 saturated heterocycles. The Morgan fingerprint density at radius 2 is 2.00 bits per heavy atom. The van der Waals surface area contributed by atoms with Gasteiger partial charge in [-0.05, 0) is 37.6 Å². The van der Waals surface area contributed by atoms with Gasteiger partial charge in [0.2, 0.25) is 0 Å². The van der Waals surface area contributed by atoms with Crippen molar-refractivity contribution in [3.63, 3.8) is 0 Å². The Kier molecular flexibility index (Phi) is 4.31. The minimum atomic E-state index is -1.08. The third-order valence-electron chi connectivity index (χ3n) is 4.28. The number of anilines is 1. The fourth-order valence-corrected chi connectivity index (χ4v) is 3.07. The molecule has 2 unspecified atom stereocenters. The first kappa shape index (κ1) is 16.1. The summed E-state index contributed by atoms with van der Waals surface area (Å²) >= 11 is 0. The quantitative estimate of drug-likeness (QED) is 0.898. The van der Waals surface area contributed by atoms with Crippen LogP contribution in [0, 0.1) is 6.92 Å². The molecule has 6 nitrogen and oxygen atoms in total. The smallest absolute Gasteiger partial charge is 0.252 e. The number of rotatable bonds is 3. The van der Waals surface area contributed by atoms with Crippen LogP contribution in [0.25, 0.3) is 0 Å². The molecule has 124 valence electrons. The summed E-state index contributed by atoms with van der Waals surface area (Å²) < 4.78 is 0. The monoisotopic (exact) mass is 325 g/mol. The summed E-state index contributed by atoms with van der Waals surface area (Å²) in [6.45, 7) is 4.21. The van der Waals surface area contributed by atoms with E-state index in [-0.39, 0.29) is 5.91 Å². The van der Waals surface area contributed by atoms with Crippen LogP contribution in [0.5, 0.6) is 0 Å². The van der Waals surface area contributed by atoms with Crippen molar-refractivity contribution in [2.45, 2.75) is 26.0 Å². The van der Waals surface area contributed by atoms with E-state index < -0.39 is 18.1 Å². The van der Waals surface area contributed by atoms with E-state index in [1.54, 1.807) is 17.0 Å². The van der Waals surface area contributed by atoms with E-state index in [0.717, 1.165) is 5.56 Å². The number of nitrogens with one attached hydrogen (secondary N) is 1. The molecule has 1 aliphatic rings. The van der Waals surface area contributed by atoms with Gasteiger partial charge in [-0.1, -0.05) is 12.1 Å². The first-order chi connectivity index (χ1) is 11.5. The van der Waals surface area contributed by atoms with E-state index in [1.165, 1.54) is 12.4 Å². The Labute approximate surface area is 140 Å². The van der Waals surface area contributed by atoms with E-state index in [9.17, 15) is 14.7 Å². The Morgan fingerprint density at radius 1 is 1.29 bits per heavy atom. The first-order valence-electron chi connectivity index (χ1n) is 7.84. The van der Waals surface area contributed by atoms with E-state index in [1.807, 2.05) is 32.0 Å². The number of likely N-dealkylation sites (N-methyl/N-ethyl adjacent to an activating group) is 1. The molecule has 2 aromatic rings. The molecule has 0 fully saturated rings. The fraction of sp³-hybridized carbons (Fsp3) is 0.278. The van der Waals surface area contributed by atoms with Crippen molar-refractivity contribution in [2.75, 3.05) is 11.4 Å². The van der Waals surface area contributed by atoms with Gasteiger partial charge in [-0.3, -0.25) is 14.6 Å². The standard InChI is InChI=1S/C18H19N3O3/c1-3-21-13-6-4-5-11(2)14(13)16(22)15(18(21)24)20-17(23)12-7-9-19-10-8-12/h4-10,15-16,22H,3H2,1-2H3,(H,20,23). The Bertz CT molecular complexity index is 776. The summed E-state index contributed by atoms with van der Waals surface area (Å²) in [6, 6.07) is 7.66. The maximum atomic E-state index is 12.7. The van der Waals surface area contributed by atoms with Crippen LogP contribution >= 0.6 is 0 Å². The van der Waals surface area contributed by atoms with Gasteiger partial charge in [0.25, 0.3) is 11.8 Å². The molecule has 1 aliphatic heterocycles. The zero-order valence-electron chi connectivity index (χ0n) is 13.6. The van der Waals surface area contributed by atoms with Gasteiger partial charge in [0.1, 0.15) is 12.1 Å². The number of aryl methyl sites for hydroxylation is 1. The SMILES string of the molecule is CCN1C(=O)C(NC(=O)c2ccncc2)C(O)c2c(C)cccc21. The average Bonchev–Trinajstić information content (AvgIpc) is 2.59. The number of pyridine rings is 1. The lowest BCUT2D eigenvalue weighted by Crippen LogP contribution is -2.55. The highest BCUT2D eigenvalue weighted by atomic mass is 16.3. The molecule has 0 aliphatic carbocycles. The molecule has 0 radical (unpaired) electrons. The second kappa shape index (κ2) is 6.41. The summed E-state index contributed by atoms with van der Waals surface area (Å²) in [5.74, 6) is -0.728. The van der Waals surface area contributed by atoms with Gasteiger partial charge < -0.3 is 15.3 Å². The highest BCUT2D eigenvalue weighted by Gasteiger charge is 2.40. The number of aliphatic hydroxyl groups excluding tert-OH is 1. The van der Waals surface area contributed by atoms with Crippen molar-refractivity contribution < 1.29 is 14.7 Å². The lowest BCUT2D eigenvalue weighted by molar-refractivity contribution is -0.123. The van der Waals surface area contributed by atoms with Crippen LogP contribution in [0.2, 0.25) is 0 Å². The van der Waals surface area contributed by atoms with Crippen LogP contribution in [-0.4, -0.2) is 34.5 Å². The molecular formula is C18H19N3O3. The molecule has 6 heteroatoms. The number of benzene rings is 1. The molecule has 0 saturated carbocycles. The zero-order valence-corrected chi connectivity index (χ0v) is 13.6. The highest BCUT2D eigenvalue weighted by Crippen LogP contribution is 2.36. The van der Waals surface area contributed by atoms with Gasteiger partial charge in [0.05, 0.1) is 0 Å². The van der Waals surface area contributed by atoms with Crippen LogP contribution in [0.1, 0.15) is 34.5 Å². The second-order valence-electron chi connectivity index (χ2n) is 5.72. The normalized spacial score (nSPS) is 19.8. The number of fused-ring (bicyclic) bond motifs is 1. The topological polar surface area (TPSA) is 82.5 Å². The number of carbonyl (C=O) groups excluding carboxylic acids is 2. The number of carbonyl (C=O) groups is 2. The third kappa shape index (κ3) is 2.65. The Morgan fingerprint density at radius 3 is 2.67 bits per heavy atom. The maximum Gasteiger partial charge on any atom is 0.252 e. The average molecular weight is 325 g/mol. The van der Waals surface area contributed by atoms with Gasteiger partial charge in [-0.25, -0.2) is 0 Å². The first-order valence-corrected chi connectivity index (χ1v) is 7.84. The fourth-order valence-electron chi connectivity index (χ4n) is 3.07. The van der Waals surface area contributed by atoms with Crippen molar-refractivity contribution in [3.05, 3.63) is 59.4 Å². The second-order valence-corrected chi connectivity index (χ2v) is 5.72. The van der Waals surface area contributed by atoms with Crippen LogP contribution in [-0.2, 0) is 4.79 Å². The van der Waals surface area contributed by atoms with Crippen LogP contribution in [0.3, 0.4) is 0 Å². The number of nitrogens with zero attached hydrogens (tertiary/aromatic N) is 2. The molecule has 1 aromatic heterocycles. The summed E-state index contributed by atoms with van der Waals surface area (Å²) in [6.07, 6.45) is 1.93. The highest BCUT2D eigenvalue weighted by molar-refractivity contribution is 6.05. The lowest BCUT2D eigenvalue weighted by Gasteiger charge is -2.37. The third-order valence-corrected chi connectivity index (χ3v) is 4.28. The molecule has 2 atom stereocenters. The van der Waals surface area contributed by atoms with E-state index in [0.29, 0.717) is 23.4 Å². The van der Waals surface area contributed by atoms with Gasteiger partial charge in [0.15, 0.2) is 0 Å². The molecule has 24 heavy (non-hydrogen) atoms. The predicted molar refractivity (Wildman–Crippen MR) is 89.7 cm³/mol. The summed E-state index contributed by atoms with van der Waals surface area (Å²) in [5, 5.41) is 13.4. The van der Waals surface area contributed by atoms with Crippen molar-refractivity contribution in [2.24, 2.45) is 0 Å². The molecule has 3 rings (SSSR count). The number of hydrogen-bond acceptors (Lipinski definition) is 4. The maximum absolute atomic E-state index is 12.7. The number of aromatic nitrogens is 1. The Hall–Kier alpha value is -2.73. The van der Waals surface area contributed by atoms with Crippen LogP contribution in [0.15, 0.2) is 42.7 Å². The van der Waals surface area contributed by atoms with Gasteiger partial charge in [-0.15, -0.1) is 0 Å². The minimum absolute atomic E-state index is 0.314. The van der Waals surface area contributed by atoms with Crippen LogP contribution < -0.4 is 10.2 Å². The summed E-state index contributed by atoms with van der Waals surface area (Å²) in [7, 11) is 0. The van der Waals surface area contributed by atoms with Crippen molar-refractivity contribution in [1.82, 2.24) is 10.3 Å². The molecular weight excluding hydrogens is 306 g/mol. The van der Waals surface area contributed by atoms with Gasteiger partial charge in [-0.2, -0.15) is 0 Å². The predicted octanol–water partition coefficient (Wildman–Crippen LogP) is 1.59. The van der Waals surface area contributed by atoms with E-state index in [2.05, 4.69) is 10.3 Å². The molecule has 0 bridgehead atoms. The molecule has 0 spiro atoms. The summed E-state index contributed by atoms with van der Waals surface area (Å²) in [5.41, 5.74) is 2.65. The molecule has 2 N–H and O–H groups in total. The number of amides is 2. The van der Waals surface area contributed by atoms with Crippen LogP contribution in [0.4, 0.5) is 5.69 Å². The largest absolute Gasteiger partial charge is 0.386 e. The molecule has 2 heterocycles. The van der Waals surface area contributed by atoms with Gasteiger partial charge >= 0.3 is 0 Å². The van der Waals surface area contributed by atoms with Gasteiger partial charge in [0, 0.05) is 35.8 Å². The van der Waals surface area contributed by atoms with E-state index >= 15 is 0 Å².